The Bertz CT molecular complexity index is 630. The molecule has 0 saturated heterocycles. The second kappa shape index (κ2) is 5.33. The van der Waals surface area contributed by atoms with E-state index in [9.17, 15) is 0 Å². The van der Waals surface area contributed by atoms with Gasteiger partial charge in [-0.3, -0.25) is 5.41 Å². The molecule has 0 aliphatic carbocycles. The molecule has 0 unspecified atom stereocenters. The van der Waals surface area contributed by atoms with Crippen LogP contribution < -0.4 is 10.5 Å². The number of hydrogen-bond donors (Lipinski definition) is 2. The smallest absolute Gasteiger partial charge is 0.156 e. The van der Waals surface area contributed by atoms with Crippen molar-refractivity contribution in [2.75, 3.05) is 0 Å². The summed E-state index contributed by atoms with van der Waals surface area (Å²) in [6, 6.07) is 11.4. The van der Waals surface area contributed by atoms with Gasteiger partial charge >= 0.3 is 0 Å². The fourth-order valence-corrected chi connectivity index (χ4v) is 1.97. The third-order valence-electron chi connectivity index (χ3n) is 2.94. The fourth-order valence-electron chi connectivity index (χ4n) is 1.97. The zero-order chi connectivity index (χ0) is 14.8. The maximum absolute atomic E-state index is 7.55. The van der Waals surface area contributed by atoms with Crippen LogP contribution in [0.4, 0.5) is 0 Å². The summed E-state index contributed by atoms with van der Waals surface area (Å²) in [5.41, 5.74) is 6.95. The first-order chi connectivity index (χ1) is 9.39. The molecular formula is C16H19N3O. The summed E-state index contributed by atoms with van der Waals surface area (Å²) >= 11 is 0. The van der Waals surface area contributed by atoms with Crippen molar-refractivity contribution >= 4 is 5.84 Å². The van der Waals surface area contributed by atoms with Crippen LogP contribution in [0.3, 0.4) is 0 Å². The second-order valence-corrected chi connectivity index (χ2v) is 5.61. The van der Waals surface area contributed by atoms with E-state index in [1.54, 1.807) is 18.3 Å². The molecule has 0 aliphatic heterocycles. The molecule has 3 N–H and O–H groups in total. The van der Waals surface area contributed by atoms with Crippen LogP contribution in [0.15, 0.2) is 42.6 Å². The van der Waals surface area contributed by atoms with E-state index >= 15 is 0 Å². The van der Waals surface area contributed by atoms with Crippen LogP contribution in [0.1, 0.15) is 32.0 Å². The summed E-state index contributed by atoms with van der Waals surface area (Å²) in [6.45, 7) is 6.39. The Morgan fingerprint density at radius 2 is 1.75 bits per heavy atom. The Hall–Kier alpha value is -2.36. The first-order valence-corrected chi connectivity index (χ1v) is 6.46. The van der Waals surface area contributed by atoms with Gasteiger partial charge in [0.2, 0.25) is 0 Å². The lowest BCUT2D eigenvalue weighted by atomic mass is 9.86. The monoisotopic (exact) mass is 269 g/mol. The molecule has 4 nitrogen and oxygen atoms in total. The average Bonchev–Trinajstić information content (AvgIpc) is 2.38. The molecule has 0 saturated carbocycles. The van der Waals surface area contributed by atoms with Crippen molar-refractivity contribution in [2.45, 2.75) is 26.2 Å². The van der Waals surface area contributed by atoms with E-state index in [2.05, 4.69) is 25.8 Å². The van der Waals surface area contributed by atoms with Gasteiger partial charge in [-0.25, -0.2) is 4.98 Å². The largest absolute Gasteiger partial charge is 0.455 e. The van der Waals surface area contributed by atoms with Gasteiger partial charge in [-0.15, -0.1) is 0 Å². The number of nitrogen functional groups attached to an aromatic ring is 1. The summed E-state index contributed by atoms with van der Waals surface area (Å²) in [7, 11) is 0. The lowest BCUT2D eigenvalue weighted by Gasteiger charge is -2.22. The first kappa shape index (κ1) is 14.1. The minimum absolute atomic E-state index is 0.0326. The minimum atomic E-state index is -0.103. The quantitative estimate of drug-likeness (QED) is 0.662. The van der Waals surface area contributed by atoms with Gasteiger partial charge in [-0.1, -0.05) is 39.0 Å². The van der Waals surface area contributed by atoms with E-state index in [1.807, 2.05) is 24.3 Å². The molecule has 2 rings (SSSR count). The predicted molar refractivity (Wildman–Crippen MR) is 80.5 cm³/mol. The zero-order valence-corrected chi connectivity index (χ0v) is 12.0. The molecule has 0 bridgehead atoms. The lowest BCUT2D eigenvalue weighted by Crippen LogP contribution is -2.15. The van der Waals surface area contributed by atoms with Gasteiger partial charge in [-0.05, 0) is 23.6 Å². The number of pyridine rings is 1. The highest BCUT2D eigenvalue weighted by Crippen LogP contribution is 2.34. The molecule has 1 aromatic carbocycles. The second-order valence-electron chi connectivity index (χ2n) is 5.61. The first-order valence-electron chi connectivity index (χ1n) is 6.46. The molecule has 0 fully saturated rings. The number of aromatic nitrogens is 1. The molecule has 0 spiro atoms. The van der Waals surface area contributed by atoms with E-state index in [1.165, 1.54) is 0 Å². The molecular weight excluding hydrogens is 250 g/mol. The van der Waals surface area contributed by atoms with Crippen molar-refractivity contribution in [3.05, 3.63) is 53.9 Å². The maximum atomic E-state index is 7.55. The highest BCUT2D eigenvalue weighted by atomic mass is 16.5. The zero-order valence-electron chi connectivity index (χ0n) is 12.0. The molecule has 104 valence electrons. The van der Waals surface area contributed by atoms with Crippen LogP contribution in [-0.2, 0) is 5.41 Å². The van der Waals surface area contributed by atoms with Gasteiger partial charge in [0.25, 0.3) is 0 Å². The summed E-state index contributed by atoms with van der Waals surface area (Å²) < 4.78 is 5.95. The van der Waals surface area contributed by atoms with Crippen molar-refractivity contribution in [3.8, 4) is 11.5 Å². The molecule has 20 heavy (non-hydrogen) atoms. The van der Waals surface area contributed by atoms with Gasteiger partial charge < -0.3 is 10.5 Å². The Morgan fingerprint density at radius 1 is 1.10 bits per heavy atom. The summed E-state index contributed by atoms with van der Waals surface area (Å²) in [5, 5.41) is 7.55. The minimum Gasteiger partial charge on any atom is -0.455 e. The van der Waals surface area contributed by atoms with Gasteiger partial charge in [0.15, 0.2) is 5.75 Å². The summed E-state index contributed by atoms with van der Waals surface area (Å²) in [5.74, 6) is 1.15. The Labute approximate surface area is 119 Å². The number of rotatable bonds is 3. The molecule has 0 atom stereocenters. The fraction of sp³-hybridized carbons (Fsp3) is 0.250. The summed E-state index contributed by atoms with van der Waals surface area (Å²) in [4.78, 5) is 4.09. The van der Waals surface area contributed by atoms with Gasteiger partial charge in [-0.2, -0.15) is 0 Å². The standard InChI is InChI=1S/C16H19N3O/c1-16(2,3)11-7-4-5-8-12(11)20-13-9-6-10-19-14(13)15(17)18/h4-10H,1-3H3,(H3,17,18). The van der Waals surface area contributed by atoms with E-state index in [-0.39, 0.29) is 11.3 Å². The Kier molecular flexibility index (Phi) is 3.74. The molecule has 0 aliphatic rings. The highest BCUT2D eigenvalue weighted by molar-refractivity contribution is 5.95. The molecule has 1 aromatic heterocycles. The lowest BCUT2D eigenvalue weighted by molar-refractivity contribution is 0.452. The maximum Gasteiger partial charge on any atom is 0.156 e. The van der Waals surface area contributed by atoms with Crippen molar-refractivity contribution in [1.82, 2.24) is 4.98 Å². The number of benzene rings is 1. The number of nitrogens with two attached hydrogens (primary N) is 1. The van der Waals surface area contributed by atoms with Crippen molar-refractivity contribution in [1.29, 1.82) is 5.41 Å². The van der Waals surface area contributed by atoms with Crippen LogP contribution in [0.25, 0.3) is 0 Å². The van der Waals surface area contributed by atoms with Gasteiger partial charge in [0, 0.05) is 11.8 Å². The number of nitrogens with zero attached hydrogens (tertiary/aromatic N) is 1. The number of para-hydroxylation sites is 1. The molecule has 0 amide bonds. The van der Waals surface area contributed by atoms with Crippen LogP contribution in [0, 0.1) is 5.41 Å². The highest BCUT2D eigenvalue weighted by Gasteiger charge is 2.19. The van der Waals surface area contributed by atoms with Crippen molar-refractivity contribution in [2.24, 2.45) is 5.73 Å². The van der Waals surface area contributed by atoms with Crippen LogP contribution in [-0.4, -0.2) is 10.8 Å². The third kappa shape index (κ3) is 2.96. The van der Waals surface area contributed by atoms with Crippen LogP contribution >= 0.6 is 0 Å². The Balaban J connectivity index is 2.44. The van der Waals surface area contributed by atoms with E-state index in [0.29, 0.717) is 11.4 Å². The van der Waals surface area contributed by atoms with E-state index in [0.717, 1.165) is 11.3 Å². The molecule has 2 aromatic rings. The summed E-state index contributed by atoms with van der Waals surface area (Å²) in [6.07, 6.45) is 1.60. The van der Waals surface area contributed by atoms with Gasteiger partial charge in [0.05, 0.1) is 0 Å². The average molecular weight is 269 g/mol. The van der Waals surface area contributed by atoms with Gasteiger partial charge in [0.1, 0.15) is 17.3 Å². The molecule has 4 heteroatoms. The topological polar surface area (TPSA) is 72.0 Å². The van der Waals surface area contributed by atoms with Crippen LogP contribution in [0.2, 0.25) is 0 Å². The SMILES string of the molecule is CC(C)(C)c1ccccc1Oc1cccnc1C(=N)N. The number of ether oxygens (including phenoxy) is 1. The Morgan fingerprint density at radius 3 is 2.40 bits per heavy atom. The van der Waals surface area contributed by atoms with Crippen LogP contribution in [0.5, 0.6) is 11.5 Å². The van der Waals surface area contributed by atoms with E-state index in [4.69, 9.17) is 15.9 Å². The number of hydrogen-bond acceptors (Lipinski definition) is 3. The predicted octanol–water partition coefficient (Wildman–Crippen LogP) is 3.46. The van der Waals surface area contributed by atoms with Crippen molar-refractivity contribution in [3.63, 3.8) is 0 Å². The number of amidine groups is 1. The molecule has 0 radical (unpaired) electrons. The third-order valence-corrected chi connectivity index (χ3v) is 2.94. The van der Waals surface area contributed by atoms with E-state index < -0.39 is 0 Å². The number of nitrogens with one attached hydrogen (secondary N) is 1. The molecule has 1 heterocycles. The van der Waals surface area contributed by atoms with Crippen molar-refractivity contribution < 1.29 is 4.74 Å². The normalized spacial score (nSPS) is 11.2.